The molecular weight excluding hydrogens is 482 g/mol. The highest BCUT2D eigenvalue weighted by Crippen LogP contribution is 2.46. The van der Waals surface area contributed by atoms with Gasteiger partial charge in [-0.3, -0.25) is 4.79 Å². The summed E-state index contributed by atoms with van der Waals surface area (Å²) in [6.07, 6.45) is 0.506. The number of fused-ring (bicyclic) bond motifs is 1. The van der Waals surface area contributed by atoms with Gasteiger partial charge >= 0.3 is 0 Å². The number of rotatable bonds is 4. The van der Waals surface area contributed by atoms with Crippen LogP contribution in [0, 0.1) is 0 Å². The minimum absolute atomic E-state index is 0.0103. The van der Waals surface area contributed by atoms with Crippen LogP contribution in [0.3, 0.4) is 0 Å². The Bertz CT molecular complexity index is 1310. The zero-order valence-electron chi connectivity index (χ0n) is 21.2. The van der Waals surface area contributed by atoms with Crippen molar-refractivity contribution in [1.29, 1.82) is 0 Å². The fourth-order valence-electron chi connectivity index (χ4n) is 4.55. The minimum atomic E-state index is -2.14. The maximum Gasteiger partial charge on any atom is 0.197 e. The molecule has 2 heterocycles. The lowest BCUT2D eigenvalue weighted by Crippen LogP contribution is -2.51. The molecule has 1 saturated heterocycles. The highest BCUT2D eigenvalue weighted by molar-refractivity contribution is 6.74. The third kappa shape index (κ3) is 4.87. The first kappa shape index (κ1) is 25.8. The Morgan fingerprint density at radius 3 is 2.49 bits per heavy atom. The van der Waals surface area contributed by atoms with E-state index in [0.29, 0.717) is 29.1 Å². The number of likely N-dealkylation sites (N-methyl/N-ethyl adjacent to an activating group) is 1. The molecule has 0 aliphatic carbocycles. The summed E-state index contributed by atoms with van der Waals surface area (Å²) in [7, 11) is -0.0836. The Morgan fingerprint density at radius 1 is 1.14 bits per heavy atom. The van der Waals surface area contributed by atoms with E-state index in [2.05, 4.69) is 45.8 Å². The van der Waals surface area contributed by atoms with E-state index in [9.17, 15) is 15.0 Å². The molecule has 0 radical (unpaired) electrons. The zero-order valence-corrected chi connectivity index (χ0v) is 22.9. The Hall–Kier alpha value is -2.32. The summed E-state index contributed by atoms with van der Waals surface area (Å²) in [6.45, 7) is 12.5. The van der Waals surface area contributed by atoms with E-state index >= 15 is 0 Å². The van der Waals surface area contributed by atoms with Crippen LogP contribution in [-0.2, 0) is 4.43 Å². The summed E-state index contributed by atoms with van der Waals surface area (Å²) >= 11 is 6.39. The second kappa shape index (κ2) is 9.28. The molecule has 2 aromatic carbocycles. The topological polar surface area (TPSA) is 83.1 Å². The van der Waals surface area contributed by atoms with Gasteiger partial charge in [0.1, 0.15) is 28.2 Å². The first-order valence-corrected chi connectivity index (χ1v) is 15.2. The van der Waals surface area contributed by atoms with Crippen LogP contribution in [0.1, 0.15) is 38.7 Å². The van der Waals surface area contributed by atoms with E-state index in [4.69, 9.17) is 20.4 Å². The molecule has 0 bridgehead atoms. The smallest absolute Gasteiger partial charge is 0.197 e. The van der Waals surface area contributed by atoms with Gasteiger partial charge in [0.25, 0.3) is 0 Å². The largest absolute Gasteiger partial charge is 0.507 e. The molecule has 0 spiro atoms. The van der Waals surface area contributed by atoms with Crippen LogP contribution in [0.25, 0.3) is 22.3 Å². The van der Waals surface area contributed by atoms with E-state index in [1.807, 2.05) is 6.07 Å². The van der Waals surface area contributed by atoms with Gasteiger partial charge in [0.15, 0.2) is 13.7 Å². The van der Waals surface area contributed by atoms with Crippen LogP contribution < -0.4 is 5.43 Å². The summed E-state index contributed by atoms with van der Waals surface area (Å²) in [6, 6.07) is 9.69. The molecule has 6 nitrogen and oxygen atoms in total. The Labute approximate surface area is 212 Å². The fraction of sp³-hybridized carbons (Fsp3) is 0.444. The number of phenolic OH excluding ortho intramolecular Hbond substituents is 2. The molecule has 2 atom stereocenters. The Kier molecular flexibility index (Phi) is 6.83. The molecule has 4 rings (SSSR count). The second-order valence-electron chi connectivity index (χ2n) is 11.1. The number of halogens is 1. The average Bonchev–Trinajstić information content (AvgIpc) is 2.73. The average molecular weight is 516 g/mol. The second-order valence-corrected chi connectivity index (χ2v) is 16.2. The lowest BCUT2D eigenvalue weighted by molar-refractivity contribution is 0.0711. The Balaban J connectivity index is 1.93. The van der Waals surface area contributed by atoms with Gasteiger partial charge in [-0.2, -0.15) is 0 Å². The molecule has 35 heavy (non-hydrogen) atoms. The van der Waals surface area contributed by atoms with Crippen molar-refractivity contribution in [3.05, 3.63) is 57.2 Å². The number of phenols is 2. The van der Waals surface area contributed by atoms with Gasteiger partial charge in [-0.15, -0.1) is 0 Å². The van der Waals surface area contributed by atoms with Crippen molar-refractivity contribution < 1.29 is 19.1 Å². The van der Waals surface area contributed by atoms with Gasteiger partial charge in [0.2, 0.25) is 0 Å². The third-order valence-corrected chi connectivity index (χ3v) is 12.4. The van der Waals surface area contributed by atoms with E-state index < -0.39 is 13.7 Å². The van der Waals surface area contributed by atoms with Gasteiger partial charge in [-0.05, 0) is 50.3 Å². The highest BCUT2D eigenvalue weighted by atomic mass is 35.5. The standard InChI is InChI=1S/C27H34ClNO5Si/c1-27(2,3)35(5,6)34-23-15-29(4)12-11-17(23)24-19(30)13-20(31)25-21(32)14-22(33-26(24)25)16-9-7-8-10-18(16)28/h7-10,13-14,17,23,30-31H,11-12,15H2,1-6H3/t17-,23?/m0/s1. The predicted molar refractivity (Wildman–Crippen MR) is 143 cm³/mol. The number of aromatic hydroxyl groups is 2. The molecule has 3 aromatic rings. The van der Waals surface area contributed by atoms with Crippen molar-refractivity contribution >= 4 is 30.9 Å². The predicted octanol–water partition coefficient (Wildman–Crippen LogP) is 6.33. The van der Waals surface area contributed by atoms with E-state index in [0.717, 1.165) is 6.54 Å². The SMILES string of the molecule is CN1CC[C@H](c2c(O)cc(O)c3c(=O)cc(-c4ccccc4Cl)oc23)C(O[Si](C)(C)C(C)(C)C)C1. The minimum Gasteiger partial charge on any atom is -0.507 e. The number of likely N-dealkylation sites (tertiary alicyclic amines) is 1. The number of hydrogen-bond donors (Lipinski definition) is 2. The molecule has 188 valence electrons. The molecule has 8 heteroatoms. The highest BCUT2D eigenvalue weighted by Gasteiger charge is 2.43. The molecule has 2 N–H and O–H groups in total. The van der Waals surface area contributed by atoms with Crippen molar-refractivity contribution in [2.24, 2.45) is 0 Å². The lowest BCUT2D eigenvalue weighted by atomic mass is 9.85. The van der Waals surface area contributed by atoms with Gasteiger partial charge in [0, 0.05) is 35.7 Å². The van der Waals surface area contributed by atoms with Crippen LogP contribution >= 0.6 is 11.6 Å². The molecule has 1 unspecified atom stereocenters. The molecule has 0 saturated carbocycles. The van der Waals surface area contributed by atoms with Gasteiger partial charge in [0.05, 0.1) is 11.1 Å². The van der Waals surface area contributed by atoms with Crippen molar-refractivity contribution in [3.63, 3.8) is 0 Å². The molecule has 1 aliphatic heterocycles. The van der Waals surface area contributed by atoms with E-state index in [1.165, 1.54) is 12.1 Å². The van der Waals surface area contributed by atoms with Crippen molar-refractivity contribution in [1.82, 2.24) is 4.90 Å². The molecule has 1 aromatic heterocycles. The summed E-state index contributed by atoms with van der Waals surface area (Å²) in [5, 5.41) is 22.2. The number of nitrogens with zero attached hydrogens (tertiary/aromatic N) is 1. The van der Waals surface area contributed by atoms with E-state index in [-0.39, 0.29) is 45.3 Å². The normalized spacial score (nSPS) is 19.9. The fourth-order valence-corrected chi connectivity index (χ4v) is 6.13. The third-order valence-electron chi connectivity index (χ3n) is 7.52. The van der Waals surface area contributed by atoms with Crippen molar-refractivity contribution in [3.8, 4) is 22.8 Å². The van der Waals surface area contributed by atoms with Crippen molar-refractivity contribution in [2.45, 2.75) is 57.3 Å². The molecule has 1 fully saturated rings. The summed E-state index contributed by atoms with van der Waals surface area (Å²) in [5.74, 6) is -0.342. The first-order valence-electron chi connectivity index (χ1n) is 11.9. The maximum atomic E-state index is 13.2. The summed E-state index contributed by atoms with van der Waals surface area (Å²) in [5.41, 5.74) is 0.859. The van der Waals surface area contributed by atoms with Crippen LogP contribution in [0.5, 0.6) is 11.5 Å². The van der Waals surface area contributed by atoms with Crippen molar-refractivity contribution in [2.75, 3.05) is 20.1 Å². The monoisotopic (exact) mass is 515 g/mol. The van der Waals surface area contributed by atoms with Crippen LogP contribution in [0.4, 0.5) is 0 Å². The number of piperidine rings is 1. The molecule has 0 amide bonds. The number of benzene rings is 2. The quantitative estimate of drug-likeness (QED) is 0.395. The molecule has 1 aliphatic rings. The van der Waals surface area contributed by atoms with Gasteiger partial charge in [-0.25, -0.2) is 0 Å². The maximum absolute atomic E-state index is 13.2. The Morgan fingerprint density at radius 2 is 1.83 bits per heavy atom. The first-order chi connectivity index (χ1) is 16.3. The number of hydrogen-bond acceptors (Lipinski definition) is 6. The van der Waals surface area contributed by atoms with Crippen LogP contribution in [0.2, 0.25) is 23.2 Å². The van der Waals surface area contributed by atoms with Crippen LogP contribution in [-0.4, -0.2) is 49.7 Å². The summed E-state index contributed by atoms with van der Waals surface area (Å²) in [4.78, 5) is 15.4. The summed E-state index contributed by atoms with van der Waals surface area (Å²) < 4.78 is 13.1. The van der Waals surface area contributed by atoms with Gasteiger partial charge < -0.3 is 24.0 Å². The zero-order chi connectivity index (χ0) is 25.7. The lowest BCUT2D eigenvalue weighted by Gasteiger charge is -2.45. The molecular formula is C27H34ClNO5Si. The van der Waals surface area contributed by atoms with Gasteiger partial charge in [-0.1, -0.05) is 44.5 Å². The van der Waals surface area contributed by atoms with Crippen LogP contribution in [0.15, 0.2) is 45.6 Å². The van der Waals surface area contributed by atoms with E-state index in [1.54, 1.807) is 18.2 Å².